The summed E-state index contributed by atoms with van der Waals surface area (Å²) in [5.41, 5.74) is 2.04. The number of nitrogens with zero attached hydrogens (tertiary/aromatic N) is 4. The Hall–Kier alpha value is -2.22. The predicted octanol–water partition coefficient (Wildman–Crippen LogP) is 2.20. The molecule has 1 aromatic carbocycles. The van der Waals surface area contributed by atoms with E-state index in [4.69, 9.17) is 9.47 Å². The van der Waals surface area contributed by atoms with E-state index < -0.39 is 6.10 Å². The second-order valence-electron chi connectivity index (χ2n) is 6.80. The third-order valence-corrected chi connectivity index (χ3v) is 4.52. The molecule has 0 fully saturated rings. The maximum atomic E-state index is 10.2. The van der Waals surface area contributed by atoms with Gasteiger partial charge in [-0.15, -0.1) is 0 Å². The Bertz CT molecular complexity index is 695. The van der Waals surface area contributed by atoms with E-state index in [0.29, 0.717) is 24.6 Å². The highest BCUT2D eigenvalue weighted by atomic mass is 16.5. The number of hydrogen-bond acceptors (Lipinski definition) is 7. The summed E-state index contributed by atoms with van der Waals surface area (Å²) in [5, 5.41) is 10.2. The van der Waals surface area contributed by atoms with E-state index in [1.54, 1.807) is 25.7 Å². The van der Waals surface area contributed by atoms with Crippen LogP contribution in [-0.4, -0.2) is 71.4 Å². The van der Waals surface area contributed by atoms with Gasteiger partial charge in [-0.2, -0.15) is 0 Å². The van der Waals surface area contributed by atoms with Crippen LogP contribution in [0.1, 0.15) is 25.1 Å². The van der Waals surface area contributed by atoms with Gasteiger partial charge in [0, 0.05) is 38.2 Å². The van der Waals surface area contributed by atoms with Crippen molar-refractivity contribution in [3.63, 3.8) is 0 Å². The van der Waals surface area contributed by atoms with Crippen molar-refractivity contribution in [2.24, 2.45) is 0 Å². The van der Waals surface area contributed by atoms with Crippen LogP contribution < -0.4 is 9.47 Å². The maximum Gasteiger partial charge on any atom is 0.161 e. The number of ether oxygens (including phenoxy) is 2. The fourth-order valence-electron chi connectivity index (χ4n) is 3.00. The van der Waals surface area contributed by atoms with Crippen molar-refractivity contribution in [2.45, 2.75) is 33.0 Å². The molecule has 0 aliphatic heterocycles. The van der Waals surface area contributed by atoms with Crippen LogP contribution >= 0.6 is 0 Å². The number of hydrogen-bond donors (Lipinski definition) is 1. The van der Waals surface area contributed by atoms with Crippen LogP contribution in [0.3, 0.4) is 0 Å². The van der Waals surface area contributed by atoms with E-state index in [-0.39, 0.29) is 6.61 Å². The van der Waals surface area contributed by atoms with Gasteiger partial charge < -0.3 is 19.5 Å². The average Bonchev–Trinajstić information content (AvgIpc) is 2.71. The Balaban J connectivity index is 1.92. The van der Waals surface area contributed by atoms with E-state index in [0.717, 1.165) is 30.9 Å². The smallest absolute Gasteiger partial charge is 0.161 e. The van der Waals surface area contributed by atoms with Crippen molar-refractivity contribution in [2.75, 3.05) is 40.4 Å². The molecule has 0 saturated heterocycles. The minimum absolute atomic E-state index is 0.235. The zero-order valence-corrected chi connectivity index (χ0v) is 17.3. The highest BCUT2D eigenvalue weighted by Crippen LogP contribution is 2.28. The summed E-state index contributed by atoms with van der Waals surface area (Å²) in [6.45, 7) is 8.28. The summed E-state index contributed by atoms with van der Waals surface area (Å²) < 4.78 is 11.3. The first-order valence-electron chi connectivity index (χ1n) is 9.69. The highest BCUT2D eigenvalue weighted by molar-refractivity contribution is 5.43. The molecule has 7 heteroatoms. The molecule has 1 heterocycles. The summed E-state index contributed by atoms with van der Waals surface area (Å²) in [4.78, 5) is 12.7. The van der Waals surface area contributed by atoms with Gasteiger partial charge in [-0.3, -0.25) is 14.9 Å². The molecule has 1 aromatic heterocycles. The van der Waals surface area contributed by atoms with Gasteiger partial charge in [0.1, 0.15) is 12.7 Å². The van der Waals surface area contributed by atoms with Gasteiger partial charge in [-0.25, -0.2) is 0 Å². The van der Waals surface area contributed by atoms with Crippen LogP contribution in [0.15, 0.2) is 36.8 Å². The monoisotopic (exact) mass is 388 g/mol. The highest BCUT2D eigenvalue weighted by Gasteiger charge is 2.13. The van der Waals surface area contributed by atoms with Gasteiger partial charge in [0.25, 0.3) is 0 Å². The molecule has 2 aromatic rings. The zero-order valence-electron chi connectivity index (χ0n) is 17.3. The number of likely N-dealkylation sites (N-methyl/N-ethyl adjacent to an activating group) is 1. The number of benzene rings is 1. The van der Waals surface area contributed by atoms with Gasteiger partial charge in [0.15, 0.2) is 11.5 Å². The third kappa shape index (κ3) is 7.07. The van der Waals surface area contributed by atoms with Crippen molar-refractivity contribution in [1.29, 1.82) is 0 Å². The second-order valence-corrected chi connectivity index (χ2v) is 6.80. The normalized spacial score (nSPS) is 12.4. The number of methoxy groups -OCH3 is 1. The first-order chi connectivity index (χ1) is 13.5. The lowest BCUT2D eigenvalue weighted by molar-refractivity contribution is 0.0705. The Labute approximate surface area is 167 Å². The molecule has 7 nitrogen and oxygen atoms in total. The molecule has 28 heavy (non-hydrogen) atoms. The molecule has 0 aliphatic carbocycles. The third-order valence-electron chi connectivity index (χ3n) is 4.52. The topological polar surface area (TPSA) is 71.0 Å². The zero-order chi connectivity index (χ0) is 20.4. The minimum atomic E-state index is -0.539. The van der Waals surface area contributed by atoms with Crippen molar-refractivity contribution < 1.29 is 14.6 Å². The van der Waals surface area contributed by atoms with Gasteiger partial charge in [-0.05, 0) is 37.8 Å². The molecule has 0 spiro atoms. The van der Waals surface area contributed by atoms with Gasteiger partial charge in [-0.1, -0.05) is 19.9 Å². The Morgan fingerprint density at radius 3 is 2.54 bits per heavy atom. The van der Waals surface area contributed by atoms with E-state index in [1.807, 2.05) is 25.2 Å². The molecule has 2 rings (SSSR count). The van der Waals surface area contributed by atoms with Gasteiger partial charge >= 0.3 is 0 Å². The van der Waals surface area contributed by atoms with E-state index in [9.17, 15) is 5.11 Å². The fraction of sp³-hybridized carbons (Fsp3) is 0.524. The van der Waals surface area contributed by atoms with E-state index in [1.165, 1.54) is 0 Å². The maximum absolute atomic E-state index is 10.2. The van der Waals surface area contributed by atoms with Crippen molar-refractivity contribution >= 4 is 0 Å². The lowest BCUT2D eigenvalue weighted by Crippen LogP contribution is -2.35. The Kier molecular flexibility index (Phi) is 9.13. The van der Waals surface area contributed by atoms with Crippen LogP contribution in [0.4, 0.5) is 0 Å². The number of aliphatic hydroxyl groups is 1. The molecule has 0 aliphatic rings. The first-order valence-corrected chi connectivity index (χ1v) is 9.69. The summed E-state index contributed by atoms with van der Waals surface area (Å²) in [6, 6.07) is 5.88. The molecule has 0 radical (unpaired) electrons. The Morgan fingerprint density at radius 1 is 1.11 bits per heavy atom. The summed E-state index contributed by atoms with van der Waals surface area (Å²) in [7, 11) is 3.66. The van der Waals surface area contributed by atoms with E-state index in [2.05, 4.69) is 33.6 Å². The van der Waals surface area contributed by atoms with Crippen LogP contribution in [0.2, 0.25) is 0 Å². The molecule has 1 atom stereocenters. The van der Waals surface area contributed by atoms with Crippen LogP contribution in [0, 0.1) is 0 Å². The quantitative estimate of drug-likeness (QED) is 0.598. The molecule has 0 bridgehead atoms. The molecule has 0 saturated carbocycles. The average molecular weight is 389 g/mol. The van der Waals surface area contributed by atoms with Crippen molar-refractivity contribution in [3.8, 4) is 11.5 Å². The number of aliphatic hydroxyl groups excluding tert-OH is 1. The molecule has 0 unspecified atom stereocenters. The molecular formula is C21H32N4O3. The fourth-order valence-corrected chi connectivity index (χ4v) is 3.00. The summed E-state index contributed by atoms with van der Waals surface area (Å²) >= 11 is 0. The molecule has 0 amide bonds. The number of aromatic nitrogens is 2. The molecule has 1 N–H and O–H groups in total. The molecular weight excluding hydrogens is 356 g/mol. The second kappa shape index (κ2) is 11.6. The van der Waals surface area contributed by atoms with E-state index >= 15 is 0 Å². The first kappa shape index (κ1) is 22.1. The van der Waals surface area contributed by atoms with Crippen molar-refractivity contribution in [3.05, 3.63) is 48.0 Å². The Morgan fingerprint density at radius 2 is 1.89 bits per heavy atom. The summed E-state index contributed by atoms with van der Waals surface area (Å²) in [5.74, 6) is 1.31. The van der Waals surface area contributed by atoms with Crippen LogP contribution in [0.5, 0.6) is 11.5 Å². The lowest BCUT2D eigenvalue weighted by Gasteiger charge is -2.22. The number of rotatable bonds is 12. The minimum Gasteiger partial charge on any atom is -0.493 e. The predicted molar refractivity (Wildman–Crippen MR) is 109 cm³/mol. The largest absolute Gasteiger partial charge is 0.493 e. The SMILES string of the molecule is CCN(CC)C[C@H](O)COc1ccc(CN(C)Cc2cnccn2)cc1OC. The molecule has 154 valence electrons. The van der Waals surface area contributed by atoms with Gasteiger partial charge in [0.05, 0.1) is 12.8 Å². The van der Waals surface area contributed by atoms with Gasteiger partial charge in [0.2, 0.25) is 0 Å². The van der Waals surface area contributed by atoms with Crippen LogP contribution in [0.25, 0.3) is 0 Å². The van der Waals surface area contributed by atoms with Crippen LogP contribution in [-0.2, 0) is 13.1 Å². The standard InChI is InChI=1S/C21H32N4O3/c1-5-25(6-2)15-19(26)16-28-20-8-7-17(11-21(20)27-4)13-24(3)14-18-12-22-9-10-23-18/h7-12,19,26H,5-6,13-16H2,1-4H3/t19-/m0/s1. The lowest BCUT2D eigenvalue weighted by atomic mass is 10.2. The van der Waals surface area contributed by atoms with Crippen molar-refractivity contribution in [1.82, 2.24) is 19.8 Å². The summed E-state index contributed by atoms with van der Waals surface area (Å²) in [6.07, 6.45) is 4.61.